The average Bonchev–Trinajstić information content (AvgIpc) is 1.51. The Kier molecular flexibility index (Phi) is 10.5. The van der Waals surface area contributed by atoms with E-state index in [0.29, 0.717) is 0 Å². The first-order valence-electron chi connectivity index (χ1n) is 28.8. The van der Waals surface area contributed by atoms with Crippen molar-refractivity contribution < 1.29 is 17.7 Å². The van der Waals surface area contributed by atoms with E-state index in [-0.39, 0.29) is 17.5 Å². The highest BCUT2D eigenvalue weighted by atomic mass is 32.1. The molecule has 0 N–H and O–H groups in total. The van der Waals surface area contributed by atoms with Crippen molar-refractivity contribution in [3.63, 3.8) is 0 Å². The first kappa shape index (κ1) is 49.3. The monoisotopic (exact) mass is 1120 g/mol. The second-order valence-corrected chi connectivity index (χ2v) is 27.2. The van der Waals surface area contributed by atoms with E-state index < -0.39 is 0 Å². The highest BCUT2D eigenvalue weighted by Gasteiger charge is 2.48. The van der Waals surface area contributed by atoms with Crippen LogP contribution in [0.3, 0.4) is 0 Å². The van der Waals surface area contributed by atoms with E-state index in [1.54, 1.807) is 0 Å². The van der Waals surface area contributed by atoms with Crippen molar-refractivity contribution in [2.75, 3.05) is 9.80 Å². The van der Waals surface area contributed by atoms with E-state index in [0.717, 1.165) is 117 Å². The Morgan fingerprint density at radius 3 is 1.04 bits per heavy atom. The number of hydrogen-bond acceptors (Lipinski definition) is 8. The van der Waals surface area contributed by atoms with Crippen molar-refractivity contribution in [2.45, 2.75) is 59.3 Å². The summed E-state index contributed by atoms with van der Waals surface area (Å²) in [6.07, 6.45) is 7.71. The SMILES string of the molecule is Cc1cc2c3c(c1)N(c1cc(-c4coc5ccccc45)cc(-c4coc5ccccc45)c1)c1c(sc4ccc(C(C)(C)C)cc14)B3c1sc3ccc(C(C)(C)C)cc3c1N2c1cc(-c2coc3ccccc23)cc(-c2coc3ccccc23)c1. The Balaban J connectivity index is 0.996. The summed E-state index contributed by atoms with van der Waals surface area (Å²) in [7, 11) is 0. The van der Waals surface area contributed by atoms with Crippen molar-refractivity contribution in [3.05, 3.63) is 224 Å². The van der Waals surface area contributed by atoms with Gasteiger partial charge < -0.3 is 27.5 Å². The predicted octanol–water partition coefficient (Wildman–Crippen LogP) is 20.8. The van der Waals surface area contributed by atoms with Crippen LogP contribution in [-0.4, -0.2) is 6.71 Å². The molecule has 6 nitrogen and oxygen atoms in total. The van der Waals surface area contributed by atoms with Gasteiger partial charge in [0.2, 0.25) is 0 Å². The highest BCUT2D eigenvalue weighted by Crippen LogP contribution is 2.54. The molecule has 0 spiro atoms. The molecule has 84 heavy (non-hydrogen) atoms. The van der Waals surface area contributed by atoms with Gasteiger partial charge in [-0.1, -0.05) is 126 Å². The number of nitrogens with zero attached hydrogens (tertiary/aromatic N) is 2. The van der Waals surface area contributed by atoms with Gasteiger partial charge >= 0.3 is 0 Å². The highest BCUT2D eigenvalue weighted by molar-refractivity contribution is 7.40. The normalized spacial score (nSPS) is 13.3. The quantitative estimate of drug-likeness (QED) is 0.155. The van der Waals surface area contributed by atoms with Crippen LogP contribution in [0.25, 0.3) is 109 Å². The van der Waals surface area contributed by atoms with E-state index in [1.807, 2.05) is 72.0 Å². The Bertz CT molecular complexity index is 4740. The molecule has 0 aliphatic carbocycles. The lowest BCUT2D eigenvalue weighted by molar-refractivity contribution is 0.591. The summed E-state index contributed by atoms with van der Waals surface area (Å²) in [5.41, 5.74) is 23.5. The zero-order valence-corrected chi connectivity index (χ0v) is 49.2. The van der Waals surface area contributed by atoms with Gasteiger partial charge in [0, 0.05) is 96.3 Å². The van der Waals surface area contributed by atoms with Crippen LogP contribution < -0.4 is 24.8 Å². The number of para-hydroxylation sites is 4. The van der Waals surface area contributed by atoms with Gasteiger partial charge in [0.25, 0.3) is 6.71 Å². The van der Waals surface area contributed by atoms with Gasteiger partial charge in [0.1, 0.15) is 22.3 Å². The molecule has 6 aromatic heterocycles. The van der Waals surface area contributed by atoms with Crippen molar-refractivity contribution in [1.82, 2.24) is 0 Å². The van der Waals surface area contributed by atoms with E-state index >= 15 is 0 Å². The molecule has 2 aliphatic heterocycles. The van der Waals surface area contributed by atoms with Gasteiger partial charge in [-0.25, -0.2) is 0 Å². The topological polar surface area (TPSA) is 59.0 Å². The molecule has 0 atom stereocenters. The Labute approximate surface area is 494 Å². The molecular weight excluding hydrogens is 1070 g/mol. The minimum Gasteiger partial charge on any atom is -0.464 e. The van der Waals surface area contributed by atoms with E-state index in [9.17, 15) is 0 Å². The smallest absolute Gasteiger partial charge is 0.277 e. The van der Waals surface area contributed by atoms with Gasteiger partial charge in [0.15, 0.2) is 0 Å². The summed E-state index contributed by atoms with van der Waals surface area (Å²) in [4.78, 5) is 5.23. The summed E-state index contributed by atoms with van der Waals surface area (Å²) in [5, 5.41) is 6.77. The number of anilines is 6. The van der Waals surface area contributed by atoms with Crippen LogP contribution in [0.4, 0.5) is 34.1 Å². The summed E-state index contributed by atoms with van der Waals surface area (Å²) in [5.74, 6) is 0. The first-order chi connectivity index (χ1) is 40.8. The van der Waals surface area contributed by atoms with Crippen LogP contribution in [-0.2, 0) is 10.8 Å². The van der Waals surface area contributed by atoms with Crippen molar-refractivity contribution in [2.24, 2.45) is 0 Å². The van der Waals surface area contributed by atoms with E-state index in [4.69, 9.17) is 17.7 Å². The van der Waals surface area contributed by atoms with Crippen LogP contribution in [0.5, 0.6) is 0 Å². The average molecular weight is 1120 g/mol. The number of fused-ring (bicyclic) bond motifs is 12. The summed E-state index contributed by atoms with van der Waals surface area (Å²) < 4.78 is 30.6. The summed E-state index contributed by atoms with van der Waals surface area (Å²) in [6, 6.07) is 67.0. The van der Waals surface area contributed by atoms with E-state index in [2.05, 4.69) is 216 Å². The fourth-order valence-electron chi connectivity index (χ4n) is 13.5. The van der Waals surface area contributed by atoms with Gasteiger partial charge in [-0.3, -0.25) is 0 Å². The Morgan fingerprint density at radius 2 is 0.702 bits per heavy atom. The molecule has 15 aromatic rings. The maximum atomic E-state index is 6.36. The molecule has 0 amide bonds. The first-order valence-corrected chi connectivity index (χ1v) is 30.5. The molecule has 404 valence electrons. The second-order valence-electron chi connectivity index (χ2n) is 25.0. The lowest BCUT2D eigenvalue weighted by atomic mass is 9.39. The van der Waals surface area contributed by atoms with Crippen LogP contribution in [0.2, 0.25) is 0 Å². The minimum absolute atomic E-state index is 0.0874. The third-order valence-corrected chi connectivity index (χ3v) is 20.1. The molecule has 17 rings (SSSR count). The number of thiophene rings is 2. The third kappa shape index (κ3) is 7.41. The zero-order valence-electron chi connectivity index (χ0n) is 47.6. The number of hydrogen-bond donors (Lipinski definition) is 0. The summed E-state index contributed by atoms with van der Waals surface area (Å²) >= 11 is 3.89. The molecule has 9 aromatic carbocycles. The van der Waals surface area contributed by atoms with Crippen molar-refractivity contribution in [3.8, 4) is 44.5 Å². The van der Waals surface area contributed by atoms with Crippen molar-refractivity contribution in [1.29, 1.82) is 0 Å². The molecule has 0 radical (unpaired) electrons. The molecule has 8 heterocycles. The fourth-order valence-corrected chi connectivity index (χ4v) is 16.1. The number of benzene rings is 9. The molecule has 0 saturated heterocycles. The molecule has 0 saturated carbocycles. The third-order valence-electron chi connectivity index (χ3n) is 17.7. The lowest BCUT2D eigenvalue weighted by Crippen LogP contribution is -2.59. The molecule has 2 aliphatic rings. The molecule has 0 unspecified atom stereocenters. The Morgan fingerprint density at radius 1 is 0.369 bits per heavy atom. The van der Waals surface area contributed by atoms with E-state index in [1.165, 1.54) is 57.7 Å². The van der Waals surface area contributed by atoms with Gasteiger partial charge in [-0.05, 0) is 159 Å². The van der Waals surface area contributed by atoms with Gasteiger partial charge in [0.05, 0.1) is 36.4 Å². The second kappa shape index (κ2) is 17.9. The van der Waals surface area contributed by atoms with Crippen LogP contribution in [0.15, 0.2) is 225 Å². The molecule has 0 fully saturated rings. The van der Waals surface area contributed by atoms with Crippen LogP contribution in [0, 0.1) is 6.92 Å². The summed E-state index contributed by atoms with van der Waals surface area (Å²) in [6.45, 7) is 16.1. The van der Waals surface area contributed by atoms with Crippen molar-refractivity contribution >= 4 is 143 Å². The standard InChI is InChI=1S/C75H55BN2O4S2/c1-42-28-61-69-62(29-42)78(50-34-45(59-40-81-65-22-14-10-18-53(59)65)31-46(35-50)60-41-82-66-23-15-11-19-54(60)66)71-56-37-48(75(5,6)7)25-27-68(56)84-73(71)76(69)72-70(55-36-47(74(2,3)4)24-26-67(55)83-72)77(61)49-32-43(57-38-79-63-20-12-8-16-51(57)63)30-44(33-49)58-39-80-64-21-13-9-17-52(58)64/h8-41H,1-7H3. The fraction of sp³-hybridized carbons (Fsp3) is 0.120. The molecule has 9 heteroatoms. The zero-order chi connectivity index (χ0) is 56.5. The molecule has 0 bridgehead atoms. The lowest BCUT2D eigenvalue weighted by Gasteiger charge is -2.42. The maximum absolute atomic E-state index is 6.36. The van der Waals surface area contributed by atoms with Gasteiger partial charge in [-0.15, -0.1) is 22.7 Å². The van der Waals surface area contributed by atoms with Crippen LogP contribution in [0.1, 0.15) is 58.2 Å². The Hall–Kier alpha value is -9.28. The van der Waals surface area contributed by atoms with Gasteiger partial charge in [-0.2, -0.15) is 0 Å². The predicted molar refractivity (Wildman–Crippen MR) is 354 cm³/mol. The number of aryl methyl sites for hydroxylation is 1. The molecular formula is C75H55BN2O4S2. The largest absolute Gasteiger partial charge is 0.464 e. The number of rotatable bonds is 6. The van der Waals surface area contributed by atoms with Crippen LogP contribution >= 0.6 is 22.7 Å². The maximum Gasteiger partial charge on any atom is 0.277 e. The number of furan rings is 4. The minimum atomic E-state index is -0.0877.